The van der Waals surface area contributed by atoms with Gasteiger partial charge in [0, 0.05) is 46.9 Å². The van der Waals surface area contributed by atoms with Gasteiger partial charge >= 0.3 is 0 Å². The summed E-state index contributed by atoms with van der Waals surface area (Å²) in [6, 6.07) is 9.29. The van der Waals surface area contributed by atoms with E-state index >= 15 is 0 Å². The standard InChI is InChI=1S/C23H22N4O3S/c24-22(29)15-4-1-9-27(14-15)10-2-6-21(28)25-16-7-8-20-18(12-16)19(23(30)26-20)13-17-5-3-11-31-17/h1,3-5,7-9,11-13H,2,6,10,14H2,(H2,24,29)(H,25,28)(H,26,30). The molecule has 3 amide bonds. The van der Waals surface area contributed by atoms with Crippen LogP contribution in [-0.2, 0) is 14.4 Å². The van der Waals surface area contributed by atoms with E-state index in [1.807, 2.05) is 40.8 Å². The lowest BCUT2D eigenvalue weighted by molar-refractivity contribution is -0.116. The number of benzene rings is 1. The van der Waals surface area contributed by atoms with Crippen LogP contribution in [0.4, 0.5) is 11.4 Å². The molecule has 0 saturated heterocycles. The first kappa shape index (κ1) is 20.6. The summed E-state index contributed by atoms with van der Waals surface area (Å²) < 4.78 is 0. The molecule has 0 atom stereocenters. The molecule has 4 rings (SSSR count). The Hall–Kier alpha value is -3.65. The number of nitrogens with zero attached hydrogens (tertiary/aromatic N) is 1. The lowest BCUT2D eigenvalue weighted by Gasteiger charge is -2.23. The van der Waals surface area contributed by atoms with Gasteiger partial charge in [0.1, 0.15) is 0 Å². The van der Waals surface area contributed by atoms with E-state index in [1.54, 1.807) is 35.6 Å². The van der Waals surface area contributed by atoms with Crippen LogP contribution in [0, 0.1) is 0 Å². The molecule has 4 N–H and O–H groups in total. The second-order valence-corrected chi connectivity index (χ2v) is 8.29. The van der Waals surface area contributed by atoms with Crippen molar-refractivity contribution in [2.75, 3.05) is 23.7 Å². The van der Waals surface area contributed by atoms with E-state index in [-0.39, 0.29) is 11.8 Å². The molecule has 3 heterocycles. The number of anilines is 2. The van der Waals surface area contributed by atoms with Crippen LogP contribution in [0.5, 0.6) is 0 Å². The number of amides is 3. The summed E-state index contributed by atoms with van der Waals surface area (Å²) >= 11 is 1.56. The Labute approximate surface area is 183 Å². The Morgan fingerprint density at radius 2 is 2.16 bits per heavy atom. The van der Waals surface area contributed by atoms with Crippen LogP contribution in [0.25, 0.3) is 11.6 Å². The minimum absolute atomic E-state index is 0.104. The maximum atomic E-state index is 12.4. The molecular weight excluding hydrogens is 412 g/mol. The molecular formula is C23H22N4O3S. The number of carbonyl (C=O) groups excluding carboxylic acids is 3. The molecule has 0 radical (unpaired) electrons. The van der Waals surface area contributed by atoms with Crippen molar-refractivity contribution in [1.82, 2.24) is 4.90 Å². The predicted molar refractivity (Wildman–Crippen MR) is 123 cm³/mol. The first-order valence-electron chi connectivity index (χ1n) is 9.91. The van der Waals surface area contributed by atoms with E-state index in [0.29, 0.717) is 42.8 Å². The molecule has 7 nitrogen and oxygen atoms in total. The molecule has 2 aliphatic rings. The van der Waals surface area contributed by atoms with Gasteiger partial charge in [-0.1, -0.05) is 12.1 Å². The van der Waals surface area contributed by atoms with E-state index in [1.165, 1.54) is 0 Å². The van der Waals surface area contributed by atoms with E-state index in [4.69, 9.17) is 5.73 Å². The third-order valence-electron chi connectivity index (χ3n) is 5.05. The van der Waals surface area contributed by atoms with Gasteiger partial charge in [-0.2, -0.15) is 0 Å². The van der Waals surface area contributed by atoms with E-state index < -0.39 is 5.91 Å². The van der Waals surface area contributed by atoms with Crippen LogP contribution < -0.4 is 16.4 Å². The summed E-state index contributed by atoms with van der Waals surface area (Å²) in [6.07, 6.45) is 8.21. The number of nitrogens with two attached hydrogens (primary N) is 1. The number of nitrogens with one attached hydrogen (secondary N) is 2. The van der Waals surface area contributed by atoms with Gasteiger partial charge in [-0.25, -0.2) is 0 Å². The van der Waals surface area contributed by atoms with Crippen molar-refractivity contribution in [2.24, 2.45) is 5.73 Å². The van der Waals surface area contributed by atoms with Crippen molar-refractivity contribution < 1.29 is 14.4 Å². The normalized spacial score (nSPS) is 16.1. The summed E-state index contributed by atoms with van der Waals surface area (Å²) in [6.45, 7) is 1.10. The Balaban J connectivity index is 1.34. The monoisotopic (exact) mass is 434 g/mol. The maximum Gasteiger partial charge on any atom is 0.256 e. The summed E-state index contributed by atoms with van der Waals surface area (Å²) in [5, 5.41) is 7.72. The fraction of sp³-hybridized carbons (Fsp3) is 0.174. The number of thiophene rings is 1. The lowest BCUT2D eigenvalue weighted by Crippen LogP contribution is -2.29. The van der Waals surface area contributed by atoms with E-state index in [0.717, 1.165) is 16.1 Å². The van der Waals surface area contributed by atoms with Gasteiger partial charge in [0.15, 0.2) is 0 Å². The number of carbonyl (C=O) groups is 3. The highest BCUT2D eigenvalue weighted by Crippen LogP contribution is 2.35. The molecule has 0 unspecified atom stereocenters. The minimum atomic E-state index is -0.427. The first-order valence-corrected chi connectivity index (χ1v) is 10.8. The number of hydrogen-bond donors (Lipinski definition) is 3. The van der Waals surface area contributed by atoms with Crippen LogP contribution in [0.3, 0.4) is 0 Å². The fourth-order valence-electron chi connectivity index (χ4n) is 3.51. The molecule has 31 heavy (non-hydrogen) atoms. The van der Waals surface area contributed by atoms with Gasteiger partial charge in [0.2, 0.25) is 11.8 Å². The highest BCUT2D eigenvalue weighted by molar-refractivity contribution is 7.11. The Morgan fingerprint density at radius 1 is 1.29 bits per heavy atom. The summed E-state index contributed by atoms with van der Waals surface area (Å²) in [7, 11) is 0. The predicted octanol–water partition coefficient (Wildman–Crippen LogP) is 3.20. The minimum Gasteiger partial charge on any atom is -0.373 e. The summed E-state index contributed by atoms with van der Waals surface area (Å²) in [5.41, 5.74) is 8.63. The van der Waals surface area contributed by atoms with Gasteiger partial charge in [-0.15, -0.1) is 11.3 Å². The molecule has 1 aromatic carbocycles. The average Bonchev–Trinajstić information content (AvgIpc) is 3.37. The third kappa shape index (κ3) is 4.92. The van der Waals surface area contributed by atoms with Gasteiger partial charge in [0.25, 0.3) is 5.91 Å². The average molecular weight is 435 g/mol. The highest BCUT2D eigenvalue weighted by Gasteiger charge is 2.24. The largest absolute Gasteiger partial charge is 0.373 e. The van der Waals surface area contributed by atoms with Crippen LogP contribution in [0.2, 0.25) is 0 Å². The van der Waals surface area contributed by atoms with Gasteiger partial charge in [-0.3, -0.25) is 14.4 Å². The summed E-state index contributed by atoms with van der Waals surface area (Å²) in [5.74, 6) is -0.678. The van der Waals surface area contributed by atoms with Gasteiger partial charge < -0.3 is 21.3 Å². The molecule has 0 saturated carbocycles. The first-order chi connectivity index (χ1) is 15.0. The smallest absolute Gasteiger partial charge is 0.256 e. The van der Waals surface area contributed by atoms with Crippen LogP contribution in [-0.4, -0.2) is 35.7 Å². The van der Waals surface area contributed by atoms with Gasteiger partial charge in [0.05, 0.1) is 5.57 Å². The Morgan fingerprint density at radius 3 is 2.94 bits per heavy atom. The van der Waals surface area contributed by atoms with Crippen LogP contribution >= 0.6 is 11.3 Å². The molecule has 0 bridgehead atoms. The zero-order valence-electron chi connectivity index (χ0n) is 16.8. The molecule has 8 heteroatoms. The molecule has 2 aliphatic heterocycles. The van der Waals surface area contributed by atoms with Crippen molar-refractivity contribution in [3.63, 3.8) is 0 Å². The number of hydrogen-bond acceptors (Lipinski definition) is 5. The molecule has 1 aromatic heterocycles. The molecule has 0 spiro atoms. The highest BCUT2D eigenvalue weighted by atomic mass is 32.1. The van der Waals surface area contributed by atoms with E-state index in [9.17, 15) is 14.4 Å². The van der Waals surface area contributed by atoms with Crippen LogP contribution in [0.15, 0.2) is 59.6 Å². The quantitative estimate of drug-likeness (QED) is 0.582. The second kappa shape index (κ2) is 9.01. The fourth-order valence-corrected chi connectivity index (χ4v) is 4.17. The molecule has 2 aromatic rings. The Kier molecular flexibility index (Phi) is 5.99. The number of rotatable bonds is 7. The van der Waals surface area contributed by atoms with E-state index in [2.05, 4.69) is 10.6 Å². The van der Waals surface area contributed by atoms with Crippen molar-refractivity contribution in [2.45, 2.75) is 12.8 Å². The van der Waals surface area contributed by atoms with Crippen molar-refractivity contribution in [1.29, 1.82) is 0 Å². The third-order valence-corrected chi connectivity index (χ3v) is 5.87. The van der Waals surface area contributed by atoms with Crippen LogP contribution in [0.1, 0.15) is 23.3 Å². The maximum absolute atomic E-state index is 12.4. The number of primary amides is 1. The summed E-state index contributed by atoms with van der Waals surface area (Å²) in [4.78, 5) is 39.0. The van der Waals surface area contributed by atoms with Gasteiger partial charge in [-0.05, 0) is 54.4 Å². The van der Waals surface area contributed by atoms with Crippen molar-refractivity contribution in [3.05, 3.63) is 70.1 Å². The zero-order chi connectivity index (χ0) is 21.8. The SMILES string of the molecule is NC(=O)C1=CC=CN(CCCC(=O)Nc2ccc3c(c2)C(=Cc2cccs2)C(=O)N3)C1. The number of fused-ring (bicyclic) bond motifs is 1. The Bertz CT molecular complexity index is 1120. The lowest BCUT2D eigenvalue weighted by atomic mass is 10.1. The topological polar surface area (TPSA) is 105 Å². The van der Waals surface area contributed by atoms with Crippen molar-refractivity contribution in [3.8, 4) is 0 Å². The number of allylic oxidation sites excluding steroid dienone is 2. The van der Waals surface area contributed by atoms with Crippen molar-refractivity contribution >= 4 is 52.1 Å². The molecule has 0 fully saturated rings. The zero-order valence-corrected chi connectivity index (χ0v) is 17.6. The molecule has 0 aliphatic carbocycles. The second-order valence-electron chi connectivity index (χ2n) is 7.31. The molecule has 158 valence electrons.